The molecule has 130 valence electrons. The average Bonchev–Trinajstić information content (AvgIpc) is 2.65. The second-order valence-corrected chi connectivity index (χ2v) is 6.59. The first-order chi connectivity index (χ1) is 12.2. The van der Waals surface area contributed by atoms with Gasteiger partial charge in [-0.1, -0.05) is 61.5 Å². The summed E-state index contributed by atoms with van der Waals surface area (Å²) in [5.41, 5.74) is 10.7. The van der Waals surface area contributed by atoms with Gasteiger partial charge in [0, 0.05) is 24.7 Å². The van der Waals surface area contributed by atoms with Crippen LogP contribution in [0.4, 0.5) is 5.69 Å². The van der Waals surface area contributed by atoms with Crippen molar-refractivity contribution in [1.29, 1.82) is 0 Å². The van der Waals surface area contributed by atoms with Crippen molar-refractivity contribution in [2.24, 2.45) is 0 Å². The van der Waals surface area contributed by atoms with Crippen molar-refractivity contribution in [2.75, 3.05) is 12.3 Å². The van der Waals surface area contributed by atoms with E-state index >= 15 is 0 Å². The number of nitrogens with zero attached hydrogens (tertiary/aromatic N) is 1. The molecule has 0 radical (unpaired) electrons. The molecule has 1 atom stereocenters. The van der Waals surface area contributed by atoms with Gasteiger partial charge in [-0.05, 0) is 42.0 Å². The molecule has 25 heavy (non-hydrogen) atoms. The number of rotatable bonds is 5. The van der Waals surface area contributed by atoms with Crippen LogP contribution in [0.3, 0.4) is 0 Å². The molecule has 0 heterocycles. The fraction of sp³-hybridized carbons (Fsp3) is 0.318. The summed E-state index contributed by atoms with van der Waals surface area (Å²) in [4.78, 5) is 14.5. The van der Waals surface area contributed by atoms with Crippen molar-refractivity contribution in [3.8, 4) is 0 Å². The molecule has 1 aliphatic carbocycles. The number of hydrogen-bond acceptors (Lipinski definition) is 2. The molecule has 2 N–H and O–H groups in total. The van der Waals surface area contributed by atoms with Gasteiger partial charge in [0.1, 0.15) is 0 Å². The Kier molecular flexibility index (Phi) is 5.54. The van der Waals surface area contributed by atoms with Crippen LogP contribution in [0.5, 0.6) is 0 Å². The highest BCUT2D eigenvalue weighted by molar-refractivity contribution is 5.76. The first-order valence-corrected chi connectivity index (χ1v) is 9.06. The van der Waals surface area contributed by atoms with E-state index in [0.29, 0.717) is 13.0 Å². The maximum Gasteiger partial charge on any atom is 0.222 e. The summed E-state index contributed by atoms with van der Waals surface area (Å²) in [6, 6.07) is 16.6. The number of carbonyl (C=O) groups is 1. The molecule has 1 aliphatic rings. The molecule has 0 spiro atoms. The molecular weight excluding hydrogens is 308 g/mol. The molecule has 0 aliphatic heterocycles. The lowest BCUT2D eigenvalue weighted by molar-refractivity contribution is -0.132. The Morgan fingerprint density at radius 1 is 1.20 bits per heavy atom. The highest BCUT2D eigenvalue weighted by Gasteiger charge is 2.26. The van der Waals surface area contributed by atoms with E-state index in [-0.39, 0.29) is 11.9 Å². The minimum absolute atomic E-state index is 0.218. The van der Waals surface area contributed by atoms with Crippen LogP contribution in [0.25, 0.3) is 6.08 Å². The van der Waals surface area contributed by atoms with E-state index in [9.17, 15) is 4.79 Å². The summed E-state index contributed by atoms with van der Waals surface area (Å²) < 4.78 is 0. The first kappa shape index (κ1) is 17.3. The molecular formula is C22H26N2O. The van der Waals surface area contributed by atoms with Gasteiger partial charge in [0.2, 0.25) is 5.91 Å². The van der Waals surface area contributed by atoms with Gasteiger partial charge in [-0.15, -0.1) is 0 Å². The Labute approximate surface area is 150 Å². The summed E-state index contributed by atoms with van der Waals surface area (Å²) in [5.74, 6) is 0.218. The van der Waals surface area contributed by atoms with Crippen LogP contribution >= 0.6 is 0 Å². The number of nitrogen functional groups attached to an aromatic ring is 1. The van der Waals surface area contributed by atoms with Crippen LogP contribution in [0, 0.1) is 0 Å². The van der Waals surface area contributed by atoms with Gasteiger partial charge in [0.25, 0.3) is 0 Å². The fourth-order valence-corrected chi connectivity index (χ4v) is 3.61. The van der Waals surface area contributed by atoms with E-state index in [1.165, 1.54) is 11.1 Å². The molecule has 2 aromatic rings. The smallest absolute Gasteiger partial charge is 0.222 e. The van der Waals surface area contributed by atoms with Crippen molar-refractivity contribution in [3.63, 3.8) is 0 Å². The van der Waals surface area contributed by atoms with Gasteiger partial charge in [-0.25, -0.2) is 0 Å². The molecule has 3 nitrogen and oxygen atoms in total. The monoisotopic (exact) mass is 334 g/mol. The lowest BCUT2D eigenvalue weighted by Crippen LogP contribution is -2.43. The second-order valence-electron chi connectivity index (χ2n) is 6.59. The largest absolute Gasteiger partial charge is 0.398 e. The first-order valence-electron chi connectivity index (χ1n) is 9.06. The minimum Gasteiger partial charge on any atom is -0.398 e. The molecule has 3 heteroatoms. The van der Waals surface area contributed by atoms with Gasteiger partial charge in [0.15, 0.2) is 0 Å². The van der Waals surface area contributed by atoms with Gasteiger partial charge in [0.05, 0.1) is 0 Å². The average molecular weight is 334 g/mol. The third-order valence-corrected chi connectivity index (χ3v) is 4.97. The zero-order chi connectivity index (χ0) is 17.6. The molecule has 1 unspecified atom stereocenters. The van der Waals surface area contributed by atoms with Crippen molar-refractivity contribution in [2.45, 2.75) is 38.6 Å². The molecule has 0 bridgehead atoms. The van der Waals surface area contributed by atoms with E-state index in [0.717, 1.165) is 30.5 Å². The van der Waals surface area contributed by atoms with Crippen LogP contribution in [-0.2, 0) is 17.6 Å². The van der Waals surface area contributed by atoms with Gasteiger partial charge >= 0.3 is 0 Å². The van der Waals surface area contributed by atoms with Crippen LogP contribution < -0.4 is 5.73 Å². The molecule has 0 fully saturated rings. The van der Waals surface area contributed by atoms with Gasteiger partial charge in [-0.3, -0.25) is 4.79 Å². The highest BCUT2D eigenvalue weighted by Crippen LogP contribution is 2.28. The predicted molar refractivity (Wildman–Crippen MR) is 104 cm³/mol. The number of hydrogen-bond donors (Lipinski definition) is 1. The van der Waals surface area contributed by atoms with Crippen molar-refractivity contribution in [3.05, 3.63) is 71.3 Å². The van der Waals surface area contributed by atoms with E-state index in [2.05, 4.69) is 30.4 Å². The zero-order valence-corrected chi connectivity index (χ0v) is 14.8. The summed E-state index contributed by atoms with van der Waals surface area (Å²) >= 11 is 0. The quantitative estimate of drug-likeness (QED) is 0.838. The Morgan fingerprint density at radius 2 is 2.00 bits per heavy atom. The summed E-state index contributed by atoms with van der Waals surface area (Å²) in [6.07, 6.45) is 7.54. The van der Waals surface area contributed by atoms with E-state index in [4.69, 9.17) is 5.73 Å². The van der Waals surface area contributed by atoms with Crippen molar-refractivity contribution >= 4 is 17.7 Å². The third-order valence-electron chi connectivity index (χ3n) is 4.97. The Morgan fingerprint density at radius 3 is 2.76 bits per heavy atom. The number of carbonyl (C=O) groups excluding carboxylic acids is 1. The fourth-order valence-electron chi connectivity index (χ4n) is 3.61. The van der Waals surface area contributed by atoms with Crippen LogP contribution in [0.2, 0.25) is 0 Å². The van der Waals surface area contributed by atoms with E-state index in [1.54, 1.807) is 0 Å². The van der Waals surface area contributed by atoms with E-state index in [1.807, 2.05) is 42.2 Å². The number of anilines is 1. The zero-order valence-electron chi connectivity index (χ0n) is 14.8. The summed E-state index contributed by atoms with van der Waals surface area (Å²) in [7, 11) is 0. The Balaban J connectivity index is 1.73. The van der Waals surface area contributed by atoms with Crippen molar-refractivity contribution in [1.82, 2.24) is 4.90 Å². The molecule has 1 amide bonds. The minimum atomic E-state index is 0.218. The molecule has 0 aromatic heterocycles. The lowest BCUT2D eigenvalue weighted by Gasteiger charge is -2.35. The van der Waals surface area contributed by atoms with Crippen LogP contribution in [0.15, 0.2) is 54.6 Å². The maximum atomic E-state index is 12.5. The van der Waals surface area contributed by atoms with Crippen LogP contribution in [0.1, 0.15) is 36.5 Å². The summed E-state index contributed by atoms with van der Waals surface area (Å²) in [6.45, 7) is 2.59. The standard InChI is InChI=1S/C22H26N2O/c1-2-22(25)24(15-7-10-17-8-4-3-5-9-17)19-13-14-20-18(16-19)11-6-12-21(20)23/h3-12,19H,2,13-16,23H2,1H3. The highest BCUT2D eigenvalue weighted by atomic mass is 16.2. The van der Waals surface area contributed by atoms with Gasteiger partial charge < -0.3 is 10.6 Å². The topological polar surface area (TPSA) is 46.3 Å². The lowest BCUT2D eigenvalue weighted by atomic mass is 9.86. The molecule has 0 saturated heterocycles. The Hall–Kier alpha value is -2.55. The second kappa shape index (κ2) is 8.02. The normalized spacial score (nSPS) is 16.6. The third kappa shape index (κ3) is 4.11. The van der Waals surface area contributed by atoms with Crippen LogP contribution in [-0.4, -0.2) is 23.4 Å². The number of amides is 1. The molecule has 0 saturated carbocycles. The molecule has 3 rings (SSSR count). The number of fused-ring (bicyclic) bond motifs is 1. The van der Waals surface area contributed by atoms with Crippen molar-refractivity contribution < 1.29 is 4.79 Å². The maximum absolute atomic E-state index is 12.5. The molecule has 2 aromatic carbocycles. The SMILES string of the molecule is CCC(=O)N(CC=Cc1ccccc1)C1CCc2c(N)cccc2C1. The van der Waals surface area contributed by atoms with Gasteiger partial charge in [-0.2, -0.15) is 0 Å². The predicted octanol–water partition coefficient (Wildman–Crippen LogP) is 4.08. The number of nitrogens with two attached hydrogens (primary N) is 1. The van der Waals surface area contributed by atoms with E-state index < -0.39 is 0 Å². The number of benzene rings is 2. The summed E-state index contributed by atoms with van der Waals surface area (Å²) in [5, 5.41) is 0. The Bertz CT molecular complexity index is 752.